The number of amides is 4. The summed E-state index contributed by atoms with van der Waals surface area (Å²) in [6, 6.07) is 3.43. The van der Waals surface area contributed by atoms with Crippen LogP contribution in [0.3, 0.4) is 0 Å². The van der Waals surface area contributed by atoms with Crippen molar-refractivity contribution >= 4 is 39.8 Å². The Kier molecular flexibility index (Phi) is 9.51. The van der Waals surface area contributed by atoms with Gasteiger partial charge in [0.1, 0.15) is 23.5 Å². The lowest BCUT2D eigenvalue weighted by Crippen LogP contribution is -2.57. The molecule has 5 atom stereocenters. The number of esters is 1. The van der Waals surface area contributed by atoms with E-state index in [1.165, 1.54) is 23.0 Å². The van der Waals surface area contributed by atoms with Gasteiger partial charge in [-0.25, -0.2) is 17.6 Å². The zero-order chi connectivity index (χ0) is 34.2. The summed E-state index contributed by atoms with van der Waals surface area (Å²) < 4.78 is 52.5. The fourth-order valence-electron chi connectivity index (χ4n) is 6.99. The Hall–Kier alpha value is -4.01. The first-order valence-corrected chi connectivity index (χ1v) is 18.1. The van der Waals surface area contributed by atoms with Crippen molar-refractivity contribution in [1.29, 1.82) is 0 Å². The van der Waals surface area contributed by atoms with Gasteiger partial charge in [-0.15, -0.1) is 0 Å². The lowest BCUT2D eigenvalue weighted by atomic mass is 9.95. The van der Waals surface area contributed by atoms with Crippen LogP contribution in [-0.2, 0) is 51.8 Å². The Bertz CT molecular complexity index is 1630. The number of nitrogens with one attached hydrogen (secondary N) is 2. The molecule has 5 aliphatic rings. The van der Waals surface area contributed by atoms with Crippen molar-refractivity contribution in [2.45, 2.75) is 100 Å². The second-order valence-electron chi connectivity index (χ2n) is 13.5. The number of benzene rings is 1. The summed E-state index contributed by atoms with van der Waals surface area (Å²) in [7, 11) is -2.67. The summed E-state index contributed by atoms with van der Waals surface area (Å²) in [5.41, 5.74) is -0.476. The molecule has 6 rings (SSSR count). The van der Waals surface area contributed by atoms with Crippen molar-refractivity contribution in [3.63, 3.8) is 0 Å². The third-order valence-electron chi connectivity index (χ3n) is 10.0. The number of allylic oxidation sites excluding steroid dienone is 1. The van der Waals surface area contributed by atoms with Crippen molar-refractivity contribution < 1.29 is 46.3 Å². The smallest absolute Gasteiger partial charge is 0.410 e. The molecule has 48 heavy (non-hydrogen) atoms. The van der Waals surface area contributed by atoms with Crippen LogP contribution in [0.1, 0.15) is 75.3 Å². The van der Waals surface area contributed by atoms with Gasteiger partial charge in [0, 0.05) is 30.4 Å². The Morgan fingerprint density at radius 1 is 1.10 bits per heavy atom. The minimum atomic E-state index is -3.90. The van der Waals surface area contributed by atoms with E-state index in [1.54, 1.807) is 12.1 Å². The van der Waals surface area contributed by atoms with Gasteiger partial charge in [0.05, 0.1) is 31.9 Å². The third-order valence-corrected chi connectivity index (χ3v) is 11.9. The second-order valence-corrected chi connectivity index (χ2v) is 15.4. The van der Waals surface area contributed by atoms with Crippen LogP contribution in [0.5, 0.6) is 0 Å². The van der Waals surface area contributed by atoms with Gasteiger partial charge in [-0.3, -0.25) is 28.8 Å². The van der Waals surface area contributed by atoms with E-state index in [1.807, 2.05) is 12.2 Å². The third kappa shape index (κ3) is 7.06. The standard InChI is InChI=1S/C33H41FN4O9S/c1-46-28(39)14-20-8-5-3-2-4-6-10-22-16-33(22,31(42)36-48(44,45)24-12-13-24)35-29(40)27-15-23(18-38(27)30(20)41)47-32(43)37-17-21-9-7-11-26(34)25(21)19-37/h6-7,9-11,20,22-24,27H,2-5,8,12-19H2,1H3,(H,35,40)(H,36,42)/b10-6-/t20-,22?,23-,27+,33-/m1/s1. The average molecular weight is 689 g/mol. The molecule has 2 aliphatic carbocycles. The SMILES string of the molecule is COC(=O)C[C@H]1CCCCC/C=C\C2C[C@@]2(C(=O)NS(=O)(=O)C2CC2)NC(=O)[C@@H]2C[C@@H](OC(=O)N3Cc4cccc(F)c4C3)CN2C1=O. The summed E-state index contributed by atoms with van der Waals surface area (Å²) in [5, 5.41) is 2.13. The fraction of sp³-hybridized carbons (Fsp3) is 0.606. The van der Waals surface area contributed by atoms with Crippen LogP contribution in [0.2, 0.25) is 0 Å². The van der Waals surface area contributed by atoms with E-state index in [-0.39, 0.29) is 38.9 Å². The number of sulfonamides is 1. The van der Waals surface area contributed by atoms with Crippen molar-refractivity contribution in [3.05, 3.63) is 47.3 Å². The number of hydrogen-bond donors (Lipinski definition) is 2. The highest BCUT2D eigenvalue weighted by Gasteiger charge is 2.62. The molecule has 4 amide bonds. The molecule has 2 saturated carbocycles. The Balaban J connectivity index is 1.24. The summed E-state index contributed by atoms with van der Waals surface area (Å²) >= 11 is 0. The Labute approximate surface area is 278 Å². The number of carbonyl (C=O) groups excluding carboxylic acids is 5. The minimum absolute atomic E-state index is 0.0115. The average Bonchev–Trinajstić information content (AvgIpc) is 3.93. The van der Waals surface area contributed by atoms with E-state index in [0.29, 0.717) is 43.2 Å². The highest BCUT2D eigenvalue weighted by molar-refractivity contribution is 7.91. The van der Waals surface area contributed by atoms with E-state index in [9.17, 15) is 36.8 Å². The number of rotatable bonds is 6. The van der Waals surface area contributed by atoms with E-state index in [4.69, 9.17) is 9.47 Å². The van der Waals surface area contributed by atoms with Gasteiger partial charge in [0.15, 0.2) is 0 Å². The van der Waals surface area contributed by atoms with Gasteiger partial charge in [0.25, 0.3) is 5.91 Å². The number of carbonyl (C=O) groups is 5. The Morgan fingerprint density at radius 3 is 2.62 bits per heavy atom. The molecule has 3 heterocycles. The molecule has 3 aliphatic heterocycles. The zero-order valence-electron chi connectivity index (χ0n) is 26.8. The molecule has 3 fully saturated rings. The summed E-state index contributed by atoms with van der Waals surface area (Å²) in [4.78, 5) is 69.9. The fourth-order valence-corrected chi connectivity index (χ4v) is 8.35. The quantitative estimate of drug-likeness (QED) is 0.337. The second kappa shape index (κ2) is 13.5. The van der Waals surface area contributed by atoms with E-state index in [0.717, 1.165) is 12.8 Å². The summed E-state index contributed by atoms with van der Waals surface area (Å²) in [6.07, 6.45) is 6.15. The van der Waals surface area contributed by atoms with Crippen LogP contribution in [-0.4, -0.2) is 84.6 Å². The minimum Gasteiger partial charge on any atom is -0.469 e. The van der Waals surface area contributed by atoms with E-state index >= 15 is 0 Å². The number of fused-ring (bicyclic) bond motifs is 3. The number of methoxy groups -OCH3 is 1. The van der Waals surface area contributed by atoms with E-state index < -0.39 is 80.4 Å². The van der Waals surface area contributed by atoms with Crippen LogP contribution < -0.4 is 10.0 Å². The lowest BCUT2D eigenvalue weighted by molar-refractivity contribution is -0.149. The van der Waals surface area contributed by atoms with Crippen LogP contribution in [0.15, 0.2) is 30.4 Å². The van der Waals surface area contributed by atoms with Crippen LogP contribution in [0.25, 0.3) is 0 Å². The first-order chi connectivity index (χ1) is 22.9. The van der Waals surface area contributed by atoms with Gasteiger partial charge in [0.2, 0.25) is 21.8 Å². The molecule has 260 valence electrons. The number of halogens is 1. The number of nitrogens with zero attached hydrogens (tertiary/aromatic N) is 2. The lowest BCUT2D eigenvalue weighted by Gasteiger charge is -2.29. The molecule has 15 heteroatoms. The molecular formula is C33H41FN4O9S. The predicted molar refractivity (Wildman–Crippen MR) is 167 cm³/mol. The molecule has 0 bridgehead atoms. The Morgan fingerprint density at radius 2 is 1.90 bits per heavy atom. The van der Waals surface area contributed by atoms with Gasteiger partial charge in [-0.05, 0) is 50.2 Å². The predicted octanol–water partition coefficient (Wildman–Crippen LogP) is 2.43. The highest BCUT2D eigenvalue weighted by Crippen LogP contribution is 2.46. The number of ether oxygens (including phenoxy) is 2. The van der Waals surface area contributed by atoms with Gasteiger partial charge in [-0.2, -0.15) is 0 Å². The molecule has 2 N–H and O–H groups in total. The van der Waals surface area contributed by atoms with Crippen LogP contribution in [0, 0.1) is 17.7 Å². The molecule has 13 nitrogen and oxygen atoms in total. The molecule has 0 aromatic heterocycles. The van der Waals surface area contributed by atoms with Crippen molar-refractivity contribution in [1.82, 2.24) is 19.8 Å². The molecule has 1 aromatic carbocycles. The van der Waals surface area contributed by atoms with Crippen molar-refractivity contribution in [3.8, 4) is 0 Å². The largest absolute Gasteiger partial charge is 0.469 e. The maximum atomic E-state index is 14.3. The summed E-state index contributed by atoms with van der Waals surface area (Å²) in [5.74, 6) is -4.26. The molecule has 0 radical (unpaired) electrons. The normalized spacial score (nSPS) is 29.7. The van der Waals surface area contributed by atoms with Crippen LogP contribution >= 0.6 is 0 Å². The van der Waals surface area contributed by atoms with Gasteiger partial charge < -0.3 is 19.7 Å². The maximum absolute atomic E-state index is 14.3. The zero-order valence-corrected chi connectivity index (χ0v) is 27.6. The van der Waals surface area contributed by atoms with Crippen LogP contribution in [0.4, 0.5) is 9.18 Å². The first kappa shape index (κ1) is 33.9. The summed E-state index contributed by atoms with van der Waals surface area (Å²) in [6.45, 7) is 0.00834. The van der Waals surface area contributed by atoms with Gasteiger partial charge in [-0.1, -0.05) is 37.1 Å². The molecule has 0 spiro atoms. The first-order valence-electron chi connectivity index (χ1n) is 16.6. The topological polar surface area (TPSA) is 168 Å². The number of hydrogen-bond acceptors (Lipinski definition) is 9. The van der Waals surface area contributed by atoms with Crippen molar-refractivity contribution in [2.75, 3.05) is 13.7 Å². The van der Waals surface area contributed by atoms with Crippen molar-refractivity contribution in [2.24, 2.45) is 11.8 Å². The molecule has 1 unspecified atom stereocenters. The molecular weight excluding hydrogens is 647 g/mol. The maximum Gasteiger partial charge on any atom is 0.410 e. The molecule has 1 aromatic rings. The van der Waals surface area contributed by atoms with Gasteiger partial charge >= 0.3 is 12.1 Å². The monoisotopic (exact) mass is 688 g/mol. The highest BCUT2D eigenvalue weighted by atomic mass is 32.2. The molecule has 1 saturated heterocycles. The van der Waals surface area contributed by atoms with E-state index in [2.05, 4.69) is 10.0 Å².